The minimum Gasteiger partial charge on any atom is -0.344 e. The summed E-state index contributed by atoms with van der Waals surface area (Å²) in [5.41, 5.74) is 3.61. The van der Waals surface area contributed by atoms with Crippen LogP contribution in [0.4, 0.5) is 11.4 Å². The van der Waals surface area contributed by atoms with Crippen LogP contribution >= 0.6 is 23.6 Å². The molecule has 54 heavy (non-hydrogen) atoms. The average molecular weight is 848 g/mol. The van der Waals surface area contributed by atoms with Crippen molar-refractivity contribution in [2.24, 2.45) is 0 Å². The van der Waals surface area contributed by atoms with E-state index in [0.717, 1.165) is 34.7 Å². The van der Waals surface area contributed by atoms with Crippen LogP contribution in [0.3, 0.4) is 0 Å². The van der Waals surface area contributed by atoms with Gasteiger partial charge in [0.05, 0.1) is 33.9 Å². The summed E-state index contributed by atoms with van der Waals surface area (Å²) in [7, 11) is -12.7. The minimum absolute atomic E-state index is 0.198. The van der Waals surface area contributed by atoms with Crippen LogP contribution in [0.2, 0.25) is 0 Å². The quantitative estimate of drug-likeness (QED) is 0.0227. The van der Waals surface area contributed by atoms with Gasteiger partial charge in [0.25, 0.3) is 30.4 Å². The molecule has 0 fully saturated rings. The van der Waals surface area contributed by atoms with E-state index in [1.165, 1.54) is 12.1 Å². The Morgan fingerprint density at radius 3 is 2.17 bits per heavy atom. The van der Waals surface area contributed by atoms with E-state index >= 15 is 0 Å². The van der Waals surface area contributed by atoms with E-state index in [1.807, 2.05) is 56.6 Å². The van der Waals surface area contributed by atoms with Crippen LogP contribution in [-0.2, 0) is 50.6 Å². The number of fused-ring (bicyclic) bond motifs is 2. The molecule has 0 aromatic heterocycles. The molecule has 0 spiro atoms. The van der Waals surface area contributed by atoms with Gasteiger partial charge in [-0.15, -0.1) is 4.33 Å². The van der Waals surface area contributed by atoms with Crippen LogP contribution in [-0.4, -0.2) is 79.1 Å². The third-order valence-electron chi connectivity index (χ3n) is 9.27. The third kappa shape index (κ3) is 11.1. The molecule has 2 aromatic carbocycles. The highest BCUT2D eigenvalue weighted by Crippen LogP contribution is 2.49. The van der Waals surface area contributed by atoms with Crippen LogP contribution in [0, 0.1) is 0 Å². The molecule has 0 amide bonds. The highest BCUT2D eigenvalue weighted by atomic mass is 35.5. The number of hydrogen-bond acceptors (Lipinski definition) is 11. The molecule has 19 heteroatoms. The summed E-state index contributed by atoms with van der Waals surface area (Å²) >= 11 is 7.49. The molecule has 296 valence electrons. The van der Waals surface area contributed by atoms with Crippen LogP contribution in [0.25, 0.3) is 0 Å². The minimum atomic E-state index is -4.47. The molecule has 0 saturated heterocycles. The number of unbranched alkanes of at least 4 members (excludes halogenated alkanes) is 2. The van der Waals surface area contributed by atoms with E-state index in [-0.39, 0.29) is 23.5 Å². The predicted molar refractivity (Wildman–Crippen MR) is 208 cm³/mol. The molecule has 0 radical (unpaired) electrons. The average Bonchev–Trinajstić information content (AvgIpc) is 3.41. The van der Waals surface area contributed by atoms with Crippen LogP contribution in [0.15, 0.2) is 93.4 Å². The van der Waals surface area contributed by atoms with Gasteiger partial charge in [-0.3, -0.25) is 13.7 Å². The second-order valence-electron chi connectivity index (χ2n) is 13.8. The molecule has 2 aliphatic heterocycles. The van der Waals surface area contributed by atoms with Crippen molar-refractivity contribution in [3.05, 3.63) is 94.7 Å². The smallest absolute Gasteiger partial charge is 0.294 e. The number of allylic oxidation sites excluding steroid dienone is 8. The summed E-state index contributed by atoms with van der Waals surface area (Å²) in [4.78, 5) is 2.52. The van der Waals surface area contributed by atoms with Gasteiger partial charge in [-0.05, 0) is 87.2 Å². The van der Waals surface area contributed by atoms with Crippen molar-refractivity contribution in [1.29, 1.82) is 0 Å². The highest BCUT2D eigenvalue weighted by Gasteiger charge is 2.45. The fourth-order valence-electron chi connectivity index (χ4n) is 6.67. The van der Waals surface area contributed by atoms with E-state index in [4.69, 9.17) is 16.9 Å². The maximum atomic E-state index is 11.9. The van der Waals surface area contributed by atoms with Gasteiger partial charge in [-0.25, -0.2) is 5.26 Å². The second kappa shape index (κ2) is 17.5. The molecular formula is C35H44ClN2O12S4+. The Labute approximate surface area is 325 Å². The van der Waals surface area contributed by atoms with E-state index in [0.29, 0.717) is 47.1 Å². The van der Waals surface area contributed by atoms with Gasteiger partial charge in [0.15, 0.2) is 5.71 Å². The molecule has 0 unspecified atom stereocenters. The summed E-state index contributed by atoms with van der Waals surface area (Å²) in [5.74, 6) is -0.744. The first kappa shape index (κ1) is 43.8. The van der Waals surface area contributed by atoms with Crippen molar-refractivity contribution in [2.45, 2.75) is 74.0 Å². The standard InChI is InChI=1S/C35H43ClN2O12S4/c1-34(2)28-23-26(51-50-49-39)14-16-30(28)37(19-7-9-21-52(40,41)42)32(34)12-6-5-11-25(36)13-18-33-35(3,4)29-24-27(54(46,47)48)15-17-31(29)38(33)20-8-10-22-53(43,44)45/h5-6,11-18,23-24H,7-10,19-22H2,1-4H3,(H3-,39,40,41,42,43,44,45,46,47,48)/p+1. The molecule has 2 aliphatic rings. The van der Waals surface area contributed by atoms with Gasteiger partial charge < -0.3 is 4.90 Å². The fourth-order valence-corrected chi connectivity index (χ4v) is 8.85. The molecule has 14 nitrogen and oxygen atoms in total. The van der Waals surface area contributed by atoms with Gasteiger partial charge in [0, 0.05) is 57.4 Å². The van der Waals surface area contributed by atoms with Gasteiger partial charge in [0.2, 0.25) is 5.69 Å². The number of anilines is 1. The number of nitrogens with zero attached hydrogens (tertiary/aromatic N) is 2. The lowest BCUT2D eigenvalue weighted by Crippen LogP contribution is -2.28. The second-order valence-corrected chi connectivity index (χ2v) is 19.6. The molecule has 0 atom stereocenters. The predicted octanol–water partition coefficient (Wildman–Crippen LogP) is 6.99. The molecule has 2 heterocycles. The molecule has 4 N–H and O–H groups in total. The first-order valence-electron chi connectivity index (χ1n) is 16.7. The first-order chi connectivity index (χ1) is 25.1. The lowest BCUT2D eigenvalue weighted by molar-refractivity contribution is -0.438. The van der Waals surface area contributed by atoms with Gasteiger partial charge >= 0.3 is 0 Å². The van der Waals surface area contributed by atoms with Crippen molar-refractivity contribution in [3.8, 4) is 0 Å². The monoisotopic (exact) mass is 847 g/mol. The van der Waals surface area contributed by atoms with E-state index in [9.17, 15) is 38.9 Å². The van der Waals surface area contributed by atoms with Crippen molar-refractivity contribution in [3.63, 3.8) is 0 Å². The maximum Gasteiger partial charge on any atom is 0.294 e. The van der Waals surface area contributed by atoms with E-state index in [1.54, 1.807) is 36.4 Å². The van der Waals surface area contributed by atoms with Crippen LogP contribution in [0.1, 0.15) is 64.5 Å². The normalized spacial score (nSPS) is 18.1. The van der Waals surface area contributed by atoms with E-state index in [2.05, 4.69) is 14.3 Å². The summed E-state index contributed by atoms with van der Waals surface area (Å²) in [6.07, 6.45) is 12.0. The van der Waals surface area contributed by atoms with Crippen LogP contribution in [0.5, 0.6) is 0 Å². The topological polar surface area (TPSA) is 208 Å². The fraction of sp³-hybridized carbons (Fsp3) is 0.400. The summed E-state index contributed by atoms with van der Waals surface area (Å²) < 4.78 is 104. The summed E-state index contributed by atoms with van der Waals surface area (Å²) in [6, 6.07) is 9.93. The Bertz CT molecular complexity index is 2230. The molecular weight excluding hydrogens is 804 g/mol. The van der Waals surface area contributed by atoms with E-state index < -0.39 is 46.9 Å². The third-order valence-corrected chi connectivity index (χ3v) is 12.6. The van der Waals surface area contributed by atoms with Gasteiger partial charge in [-0.1, -0.05) is 42.6 Å². The summed E-state index contributed by atoms with van der Waals surface area (Å²) in [6.45, 7) is 8.71. The van der Waals surface area contributed by atoms with Gasteiger partial charge in [0.1, 0.15) is 6.54 Å². The van der Waals surface area contributed by atoms with Crippen molar-refractivity contribution in [2.75, 3.05) is 29.5 Å². The Hall–Kier alpha value is -2.88. The zero-order chi connectivity index (χ0) is 40.1. The molecule has 0 aliphatic carbocycles. The molecule has 0 saturated carbocycles. The largest absolute Gasteiger partial charge is 0.344 e. The number of benzene rings is 2. The number of rotatable bonds is 18. The number of hydrogen-bond donors (Lipinski definition) is 4. The van der Waals surface area contributed by atoms with Crippen molar-refractivity contribution >= 4 is 71.1 Å². The summed E-state index contributed by atoms with van der Waals surface area (Å²) in [5, 5.41) is 12.7. The zero-order valence-electron chi connectivity index (χ0n) is 30.0. The highest BCUT2D eigenvalue weighted by molar-refractivity contribution is 7.94. The van der Waals surface area contributed by atoms with Gasteiger partial charge in [-0.2, -0.15) is 29.8 Å². The molecule has 2 aromatic rings. The Morgan fingerprint density at radius 2 is 1.54 bits per heavy atom. The molecule has 4 rings (SSSR count). The lowest BCUT2D eigenvalue weighted by Gasteiger charge is -2.27. The van der Waals surface area contributed by atoms with Crippen molar-refractivity contribution < 1.29 is 58.1 Å². The number of halogens is 1. The SMILES string of the molecule is CC1(C)C(C=CC(Cl)=CC=C/C=C2/N(CCCCS(=O)(=O)O)c3ccc(SOOO)cc3C2(C)C)=[N+](CCCCS(=O)(=O)O)c2ccc(S(=O)(=O)O)cc21. The van der Waals surface area contributed by atoms with Crippen molar-refractivity contribution in [1.82, 2.24) is 0 Å². The van der Waals surface area contributed by atoms with Crippen LogP contribution < -0.4 is 4.90 Å². The zero-order valence-corrected chi connectivity index (χ0v) is 34.1. The Morgan fingerprint density at radius 1 is 0.870 bits per heavy atom. The lowest BCUT2D eigenvalue weighted by atomic mass is 9.81. The maximum absolute atomic E-state index is 11.9. The first-order valence-corrected chi connectivity index (χ1v) is 22.5. The molecule has 0 bridgehead atoms. The Kier molecular flexibility index (Phi) is 14.2. The Balaban J connectivity index is 1.62.